The topological polar surface area (TPSA) is 21.3 Å². The molecular weight excluding hydrogens is 291 g/mol. The molecule has 4 rings (SSSR count). The molecule has 110 valence electrons. The fraction of sp³-hybridized carbons (Fsp3) is 0.571. The lowest BCUT2D eigenvalue weighted by Gasteiger charge is -2.32. The van der Waals surface area contributed by atoms with E-state index in [2.05, 4.69) is 5.32 Å². The van der Waals surface area contributed by atoms with Crippen molar-refractivity contribution in [1.29, 1.82) is 0 Å². The Morgan fingerprint density at radius 3 is 2.65 bits per heavy atom. The summed E-state index contributed by atoms with van der Waals surface area (Å²) in [7, 11) is 0. The third kappa shape index (κ3) is 2.07. The number of alkyl halides is 3. The monoisotopic (exact) mass is 305 g/mol. The Labute approximate surface area is 121 Å². The molecule has 1 spiro atoms. The molecule has 2 heterocycles. The number of hydrogen-bond donors (Lipinski definition) is 1. The highest BCUT2D eigenvalue weighted by molar-refractivity contribution is 5.85. The zero-order valence-corrected chi connectivity index (χ0v) is 11.5. The summed E-state index contributed by atoms with van der Waals surface area (Å²) in [6, 6.07) is 3.90. The maximum atomic E-state index is 12.7. The third-order valence-corrected chi connectivity index (χ3v) is 4.61. The van der Waals surface area contributed by atoms with Crippen LogP contribution in [0.4, 0.5) is 13.2 Å². The van der Waals surface area contributed by atoms with E-state index in [0.29, 0.717) is 11.2 Å². The Balaban J connectivity index is 0.00000121. The Hall–Kier alpha value is -0.940. The first-order valence-corrected chi connectivity index (χ1v) is 6.58. The van der Waals surface area contributed by atoms with Crippen LogP contribution in [0.5, 0.6) is 5.75 Å². The van der Waals surface area contributed by atoms with Crippen LogP contribution in [-0.2, 0) is 6.18 Å². The predicted octanol–water partition coefficient (Wildman–Crippen LogP) is 3.70. The van der Waals surface area contributed by atoms with Crippen molar-refractivity contribution < 1.29 is 17.9 Å². The normalized spacial score (nSPS) is 29.1. The fourth-order valence-corrected chi connectivity index (χ4v) is 3.29. The highest BCUT2D eigenvalue weighted by atomic mass is 35.5. The van der Waals surface area contributed by atoms with E-state index >= 15 is 0 Å². The molecule has 0 bridgehead atoms. The molecule has 0 amide bonds. The second kappa shape index (κ2) is 4.28. The van der Waals surface area contributed by atoms with E-state index < -0.39 is 11.7 Å². The smallest absolute Gasteiger partial charge is 0.416 e. The maximum absolute atomic E-state index is 12.7. The van der Waals surface area contributed by atoms with Crippen molar-refractivity contribution >= 4 is 12.4 Å². The molecule has 1 saturated carbocycles. The molecule has 0 unspecified atom stereocenters. The number of nitrogens with one attached hydrogen (secondary N) is 1. The molecule has 2 aliphatic heterocycles. The number of rotatable bonds is 0. The minimum atomic E-state index is -4.31. The van der Waals surface area contributed by atoms with Gasteiger partial charge in [-0.05, 0) is 36.8 Å². The summed E-state index contributed by atoms with van der Waals surface area (Å²) in [5.41, 5.74) is 0.593. The van der Waals surface area contributed by atoms with Crippen LogP contribution in [-0.4, -0.2) is 12.6 Å². The number of piperidine rings is 1. The van der Waals surface area contributed by atoms with E-state index in [4.69, 9.17) is 4.74 Å². The predicted molar refractivity (Wildman–Crippen MR) is 70.1 cm³/mol. The summed E-state index contributed by atoms with van der Waals surface area (Å²) in [6.07, 6.45) is -0.944. The zero-order valence-electron chi connectivity index (χ0n) is 10.7. The van der Waals surface area contributed by atoms with E-state index in [0.717, 1.165) is 30.7 Å². The second-order valence-electron chi connectivity index (χ2n) is 5.97. The molecule has 0 radical (unpaired) electrons. The van der Waals surface area contributed by atoms with Gasteiger partial charge in [0.05, 0.1) is 11.6 Å². The number of halogens is 4. The van der Waals surface area contributed by atoms with Crippen LogP contribution in [0.3, 0.4) is 0 Å². The summed E-state index contributed by atoms with van der Waals surface area (Å²) >= 11 is 0. The lowest BCUT2D eigenvalue weighted by atomic mass is 9.87. The molecule has 1 aliphatic carbocycles. The first kappa shape index (κ1) is 14.0. The van der Waals surface area contributed by atoms with Crippen molar-refractivity contribution in [2.24, 2.45) is 5.41 Å². The minimum Gasteiger partial charge on any atom is -0.488 e. The van der Waals surface area contributed by atoms with Crippen molar-refractivity contribution in [2.75, 3.05) is 6.54 Å². The van der Waals surface area contributed by atoms with Crippen LogP contribution >= 0.6 is 12.4 Å². The number of benzene rings is 1. The van der Waals surface area contributed by atoms with E-state index in [1.54, 1.807) is 6.07 Å². The van der Waals surface area contributed by atoms with Crippen molar-refractivity contribution in [3.8, 4) is 5.75 Å². The van der Waals surface area contributed by atoms with Crippen LogP contribution in [0, 0.1) is 5.41 Å². The van der Waals surface area contributed by atoms with E-state index in [9.17, 15) is 13.2 Å². The van der Waals surface area contributed by atoms with Gasteiger partial charge in [0.25, 0.3) is 0 Å². The lowest BCUT2D eigenvalue weighted by molar-refractivity contribution is -0.137. The van der Waals surface area contributed by atoms with Gasteiger partial charge in [0, 0.05) is 12.1 Å². The Bertz CT molecular complexity index is 542. The van der Waals surface area contributed by atoms with Crippen LogP contribution in [0.1, 0.15) is 36.4 Å². The second-order valence-corrected chi connectivity index (χ2v) is 5.97. The van der Waals surface area contributed by atoms with Crippen LogP contribution < -0.4 is 10.1 Å². The largest absolute Gasteiger partial charge is 0.488 e. The van der Waals surface area contributed by atoms with Gasteiger partial charge >= 0.3 is 6.18 Å². The summed E-state index contributed by atoms with van der Waals surface area (Å²) in [4.78, 5) is 0. The molecule has 2 atom stereocenters. The van der Waals surface area contributed by atoms with Gasteiger partial charge in [-0.2, -0.15) is 13.2 Å². The van der Waals surface area contributed by atoms with E-state index in [-0.39, 0.29) is 24.6 Å². The van der Waals surface area contributed by atoms with Gasteiger partial charge in [-0.25, -0.2) is 0 Å². The van der Waals surface area contributed by atoms with Gasteiger partial charge in [0.2, 0.25) is 0 Å². The summed E-state index contributed by atoms with van der Waals surface area (Å²) in [6.45, 7) is 0.956. The van der Waals surface area contributed by atoms with Crippen molar-refractivity contribution in [1.82, 2.24) is 5.32 Å². The highest BCUT2D eigenvalue weighted by Gasteiger charge is 2.52. The standard InChI is InChI=1S/C14H14F3NO.ClH/c15-14(16,17)8-1-2-9-10(5-8)19-11-6-13(3-4-13)7-18-12(9)11;/h1-2,5,11-12,18H,3-4,6-7H2;1H/t11-,12-;/m0./s1. The fourth-order valence-electron chi connectivity index (χ4n) is 3.29. The molecule has 2 fully saturated rings. The molecule has 1 saturated heterocycles. The first-order chi connectivity index (χ1) is 8.97. The number of ether oxygens (including phenoxy) is 1. The number of hydrogen-bond acceptors (Lipinski definition) is 2. The zero-order chi connectivity index (χ0) is 13.3. The molecule has 3 aliphatic rings. The van der Waals surface area contributed by atoms with Crippen molar-refractivity contribution in [2.45, 2.75) is 37.6 Å². The van der Waals surface area contributed by atoms with Crippen LogP contribution in [0.15, 0.2) is 18.2 Å². The Morgan fingerprint density at radius 1 is 1.25 bits per heavy atom. The molecule has 1 N–H and O–H groups in total. The lowest BCUT2D eigenvalue weighted by Crippen LogP contribution is -2.42. The van der Waals surface area contributed by atoms with Gasteiger partial charge in [-0.15, -0.1) is 12.4 Å². The first-order valence-electron chi connectivity index (χ1n) is 6.58. The Morgan fingerprint density at radius 2 is 2.00 bits per heavy atom. The van der Waals surface area contributed by atoms with Gasteiger partial charge in [-0.1, -0.05) is 6.07 Å². The number of fused-ring (bicyclic) bond motifs is 3. The summed E-state index contributed by atoms with van der Waals surface area (Å²) in [5, 5.41) is 3.44. The molecular formula is C14H15ClF3NO. The molecule has 2 nitrogen and oxygen atoms in total. The van der Waals surface area contributed by atoms with Crippen molar-refractivity contribution in [3.05, 3.63) is 29.3 Å². The summed E-state index contributed by atoms with van der Waals surface area (Å²) in [5.74, 6) is 0.398. The van der Waals surface area contributed by atoms with Crippen LogP contribution in [0.2, 0.25) is 0 Å². The van der Waals surface area contributed by atoms with Crippen molar-refractivity contribution in [3.63, 3.8) is 0 Å². The molecule has 0 aromatic heterocycles. The molecule has 1 aromatic rings. The molecule has 20 heavy (non-hydrogen) atoms. The minimum absolute atomic E-state index is 0. The summed E-state index contributed by atoms with van der Waals surface area (Å²) < 4.78 is 43.8. The average molecular weight is 306 g/mol. The molecule has 1 aromatic carbocycles. The van der Waals surface area contributed by atoms with Gasteiger partial charge in [-0.3, -0.25) is 0 Å². The maximum Gasteiger partial charge on any atom is 0.416 e. The van der Waals surface area contributed by atoms with Gasteiger partial charge < -0.3 is 10.1 Å². The SMILES string of the molecule is Cl.FC(F)(F)c1ccc2c(c1)O[C@H]1CC3(CC3)CN[C@@H]21. The quantitative estimate of drug-likeness (QED) is 0.789. The van der Waals surface area contributed by atoms with Gasteiger partial charge in [0.1, 0.15) is 11.9 Å². The van der Waals surface area contributed by atoms with Crippen LogP contribution in [0.25, 0.3) is 0 Å². The molecule has 6 heteroatoms. The third-order valence-electron chi connectivity index (χ3n) is 4.61. The van der Waals surface area contributed by atoms with E-state index in [1.165, 1.54) is 12.8 Å². The van der Waals surface area contributed by atoms with E-state index in [1.807, 2.05) is 0 Å². The van der Waals surface area contributed by atoms with Gasteiger partial charge in [0.15, 0.2) is 0 Å². The Kier molecular flexibility index (Phi) is 3.00. The average Bonchev–Trinajstić information content (AvgIpc) is 2.99. The highest BCUT2D eigenvalue weighted by Crippen LogP contribution is 2.55.